The Labute approximate surface area is 224 Å². The molecular weight excluding hydrogens is 509 g/mol. The van der Waals surface area contributed by atoms with Crippen LogP contribution in [0.3, 0.4) is 0 Å². The number of para-hydroxylation sites is 1. The molecule has 2 bridgehead atoms. The molecule has 3 aromatic rings. The van der Waals surface area contributed by atoms with E-state index in [-0.39, 0.29) is 16.2 Å². The summed E-state index contributed by atoms with van der Waals surface area (Å²) in [4.78, 5) is 26.6. The number of hydrogen-bond acceptors (Lipinski definition) is 6. The highest BCUT2D eigenvalue weighted by Gasteiger charge is 2.58. The maximum atomic E-state index is 14.2. The number of fused-ring (bicyclic) bond motifs is 2. The van der Waals surface area contributed by atoms with E-state index in [9.17, 15) is 14.0 Å². The fourth-order valence-corrected chi connectivity index (χ4v) is 5.09. The van der Waals surface area contributed by atoms with Gasteiger partial charge in [0.15, 0.2) is 0 Å². The summed E-state index contributed by atoms with van der Waals surface area (Å²) in [5.74, 6) is -1.74. The minimum atomic E-state index is -1.37. The third kappa shape index (κ3) is 5.01. The second-order valence-electron chi connectivity index (χ2n) is 8.96. The summed E-state index contributed by atoms with van der Waals surface area (Å²) < 4.78 is 25.7. The quantitative estimate of drug-likeness (QED) is 0.208. The maximum absolute atomic E-state index is 14.2. The molecule has 2 aliphatic rings. The first kappa shape index (κ1) is 25.5. The van der Waals surface area contributed by atoms with Crippen LogP contribution in [-0.4, -0.2) is 36.7 Å². The molecule has 2 aliphatic heterocycles. The van der Waals surface area contributed by atoms with Crippen LogP contribution >= 0.6 is 11.6 Å². The van der Waals surface area contributed by atoms with Crippen molar-refractivity contribution in [2.24, 2.45) is 0 Å². The molecule has 0 fully saturated rings. The molecule has 194 valence electrons. The summed E-state index contributed by atoms with van der Waals surface area (Å²) in [6.07, 6.45) is 3.09. The standard InChI is InChI=1S/C29H25ClFN3O4/c1-37-28(36)26-25(27(35)34-33-21-10-6-3-7-11-21)23-12-13-29(26,38-23)24(14-18-8-4-2-5-9-18)32-22-16-19(30)15-20(31)17-22/h2-13,15-17,23-24,32-33H,14H2,1H3,(H,34,35). The fourth-order valence-electron chi connectivity index (χ4n) is 4.87. The van der Waals surface area contributed by atoms with Crippen LogP contribution in [0.4, 0.5) is 15.8 Å². The molecule has 5 rings (SSSR count). The number of amides is 1. The molecule has 38 heavy (non-hydrogen) atoms. The van der Waals surface area contributed by atoms with Gasteiger partial charge >= 0.3 is 5.97 Å². The second-order valence-corrected chi connectivity index (χ2v) is 9.40. The summed E-state index contributed by atoms with van der Waals surface area (Å²) in [7, 11) is 1.25. The van der Waals surface area contributed by atoms with Crippen molar-refractivity contribution in [3.63, 3.8) is 0 Å². The Morgan fingerprint density at radius 2 is 1.76 bits per heavy atom. The van der Waals surface area contributed by atoms with Crippen LogP contribution in [0.1, 0.15) is 5.56 Å². The van der Waals surface area contributed by atoms with Crippen molar-refractivity contribution in [2.45, 2.75) is 24.2 Å². The molecule has 0 aromatic heterocycles. The van der Waals surface area contributed by atoms with Gasteiger partial charge in [-0.15, -0.1) is 0 Å². The van der Waals surface area contributed by atoms with E-state index in [1.54, 1.807) is 30.4 Å². The summed E-state index contributed by atoms with van der Waals surface area (Å²) >= 11 is 6.11. The monoisotopic (exact) mass is 533 g/mol. The van der Waals surface area contributed by atoms with Crippen LogP contribution in [0, 0.1) is 5.82 Å². The van der Waals surface area contributed by atoms with Gasteiger partial charge < -0.3 is 14.8 Å². The lowest BCUT2D eigenvalue weighted by Gasteiger charge is -2.36. The lowest BCUT2D eigenvalue weighted by Crippen LogP contribution is -2.49. The second kappa shape index (κ2) is 10.7. The number of hydrazine groups is 1. The molecule has 0 saturated carbocycles. The van der Waals surface area contributed by atoms with E-state index in [1.807, 2.05) is 48.5 Å². The number of methoxy groups -OCH3 is 1. The first-order valence-electron chi connectivity index (χ1n) is 12.0. The Morgan fingerprint density at radius 3 is 2.45 bits per heavy atom. The summed E-state index contributed by atoms with van der Waals surface area (Å²) in [6, 6.07) is 22.1. The number of hydrogen-bond donors (Lipinski definition) is 3. The number of carbonyl (C=O) groups excluding carboxylic acids is 2. The highest BCUT2D eigenvalue weighted by molar-refractivity contribution is 6.30. The molecule has 0 saturated heterocycles. The molecule has 3 atom stereocenters. The van der Waals surface area contributed by atoms with Crippen LogP contribution in [0.15, 0.2) is 102 Å². The zero-order chi connectivity index (χ0) is 26.7. The van der Waals surface area contributed by atoms with Crippen LogP contribution in [0.5, 0.6) is 0 Å². The molecule has 0 aliphatic carbocycles. The zero-order valence-electron chi connectivity index (χ0n) is 20.4. The van der Waals surface area contributed by atoms with Crippen molar-refractivity contribution in [3.8, 4) is 0 Å². The number of nitrogens with one attached hydrogen (secondary N) is 3. The Hall–Kier alpha value is -4.14. The normalized spacial score (nSPS) is 20.2. The summed E-state index contributed by atoms with van der Waals surface area (Å²) in [5.41, 5.74) is 6.36. The van der Waals surface area contributed by atoms with E-state index < -0.39 is 35.4 Å². The van der Waals surface area contributed by atoms with Gasteiger partial charge in [0.1, 0.15) is 17.5 Å². The highest BCUT2D eigenvalue weighted by atomic mass is 35.5. The summed E-state index contributed by atoms with van der Waals surface area (Å²) in [6.45, 7) is 0. The average molecular weight is 534 g/mol. The maximum Gasteiger partial charge on any atom is 0.337 e. The van der Waals surface area contributed by atoms with Crippen molar-refractivity contribution in [1.82, 2.24) is 5.43 Å². The lowest BCUT2D eigenvalue weighted by molar-refractivity contribution is -0.138. The van der Waals surface area contributed by atoms with Gasteiger partial charge in [-0.25, -0.2) is 9.18 Å². The van der Waals surface area contributed by atoms with Gasteiger partial charge in [0.2, 0.25) is 0 Å². The van der Waals surface area contributed by atoms with Gasteiger partial charge in [0, 0.05) is 10.7 Å². The minimum absolute atomic E-state index is 0.0794. The van der Waals surface area contributed by atoms with Crippen molar-refractivity contribution in [1.29, 1.82) is 0 Å². The van der Waals surface area contributed by atoms with E-state index >= 15 is 0 Å². The van der Waals surface area contributed by atoms with E-state index in [1.165, 1.54) is 19.2 Å². The first-order valence-corrected chi connectivity index (χ1v) is 12.4. The molecule has 1 amide bonds. The fraction of sp³-hybridized carbons (Fsp3) is 0.172. The Bertz CT molecular complexity index is 1390. The van der Waals surface area contributed by atoms with Crippen molar-refractivity contribution in [2.75, 3.05) is 17.9 Å². The van der Waals surface area contributed by atoms with Gasteiger partial charge in [0.05, 0.1) is 30.0 Å². The number of ether oxygens (including phenoxy) is 2. The zero-order valence-corrected chi connectivity index (χ0v) is 21.2. The smallest absolute Gasteiger partial charge is 0.337 e. The van der Waals surface area contributed by atoms with Gasteiger partial charge in [-0.1, -0.05) is 66.2 Å². The van der Waals surface area contributed by atoms with Crippen LogP contribution in [0.25, 0.3) is 0 Å². The third-order valence-electron chi connectivity index (χ3n) is 6.52. The van der Waals surface area contributed by atoms with Crippen LogP contribution in [-0.2, 0) is 25.5 Å². The summed E-state index contributed by atoms with van der Waals surface area (Å²) in [5, 5.41) is 3.52. The van der Waals surface area contributed by atoms with Crippen molar-refractivity contribution >= 4 is 34.9 Å². The molecule has 0 radical (unpaired) electrons. The number of esters is 1. The molecule has 0 spiro atoms. The average Bonchev–Trinajstić information content (AvgIpc) is 3.50. The topological polar surface area (TPSA) is 88.7 Å². The number of benzene rings is 3. The predicted molar refractivity (Wildman–Crippen MR) is 143 cm³/mol. The van der Waals surface area contributed by atoms with E-state index in [4.69, 9.17) is 21.1 Å². The number of anilines is 2. The molecule has 9 heteroatoms. The van der Waals surface area contributed by atoms with Gasteiger partial charge in [0.25, 0.3) is 5.91 Å². The van der Waals surface area contributed by atoms with Gasteiger partial charge in [-0.05, 0) is 48.4 Å². The molecule has 3 aromatic carbocycles. The minimum Gasteiger partial charge on any atom is -0.466 e. The van der Waals surface area contributed by atoms with E-state index in [0.29, 0.717) is 17.8 Å². The van der Waals surface area contributed by atoms with Gasteiger partial charge in [-0.2, -0.15) is 0 Å². The number of carbonyl (C=O) groups is 2. The van der Waals surface area contributed by atoms with E-state index in [2.05, 4.69) is 16.2 Å². The number of halogens is 2. The highest BCUT2D eigenvalue weighted by Crippen LogP contribution is 2.47. The Morgan fingerprint density at radius 1 is 1.05 bits per heavy atom. The van der Waals surface area contributed by atoms with E-state index in [0.717, 1.165) is 5.56 Å². The van der Waals surface area contributed by atoms with Gasteiger partial charge in [-0.3, -0.25) is 15.6 Å². The van der Waals surface area contributed by atoms with Crippen LogP contribution in [0.2, 0.25) is 5.02 Å². The molecular formula is C29H25ClFN3O4. The predicted octanol–water partition coefficient (Wildman–Crippen LogP) is 4.82. The lowest BCUT2D eigenvalue weighted by atomic mass is 9.79. The largest absolute Gasteiger partial charge is 0.466 e. The third-order valence-corrected chi connectivity index (χ3v) is 6.74. The number of rotatable bonds is 9. The van der Waals surface area contributed by atoms with Crippen molar-refractivity contribution in [3.05, 3.63) is 119 Å². The molecule has 3 N–H and O–H groups in total. The molecule has 2 heterocycles. The Kier molecular flexibility index (Phi) is 7.18. The van der Waals surface area contributed by atoms with Crippen molar-refractivity contribution < 1.29 is 23.5 Å². The molecule has 3 unspecified atom stereocenters. The molecule has 7 nitrogen and oxygen atoms in total. The SMILES string of the molecule is COC(=O)C1=C(C(=O)NNc2ccccc2)C2C=CC1(C(Cc1ccccc1)Nc1cc(F)cc(Cl)c1)O2. The first-order chi connectivity index (χ1) is 18.4. The Balaban J connectivity index is 1.54. The van der Waals surface area contributed by atoms with Crippen LogP contribution < -0.4 is 16.2 Å².